The summed E-state index contributed by atoms with van der Waals surface area (Å²) < 4.78 is 8.49. The molecule has 4 rings (SSSR count). The summed E-state index contributed by atoms with van der Waals surface area (Å²) in [5.41, 5.74) is 6.97. The third-order valence-electron chi connectivity index (χ3n) is 5.11. The Kier molecular flexibility index (Phi) is 4.20. The molecule has 3 heteroatoms. The number of pyridine rings is 1. The summed E-state index contributed by atoms with van der Waals surface area (Å²) in [6.07, 6.45) is 3.00. The van der Waals surface area contributed by atoms with E-state index in [0.29, 0.717) is 11.5 Å². The molecule has 0 radical (unpaired) electrons. The fourth-order valence-electron chi connectivity index (χ4n) is 4.01. The summed E-state index contributed by atoms with van der Waals surface area (Å²) in [5, 5.41) is 11.7. The van der Waals surface area contributed by atoms with E-state index in [1.807, 2.05) is 43.6 Å². The second-order valence-electron chi connectivity index (χ2n) is 7.62. The highest BCUT2D eigenvalue weighted by molar-refractivity contribution is 6.13. The molecule has 27 heavy (non-hydrogen) atoms. The van der Waals surface area contributed by atoms with Crippen LogP contribution in [0.3, 0.4) is 0 Å². The SMILES string of the molecule is Cc1cc(CC(C)C)c2c(oc3cccc(C#N)c32)c1-c1cccc[n+]1C. The molecule has 0 fully saturated rings. The van der Waals surface area contributed by atoms with Crippen LogP contribution in [-0.4, -0.2) is 0 Å². The van der Waals surface area contributed by atoms with Crippen molar-refractivity contribution in [1.29, 1.82) is 5.26 Å². The molecule has 0 N–H and O–H groups in total. The van der Waals surface area contributed by atoms with Crippen LogP contribution in [0.5, 0.6) is 0 Å². The lowest BCUT2D eigenvalue weighted by atomic mass is 9.91. The molecule has 2 aromatic heterocycles. The van der Waals surface area contributed by atoms with Gasteiger partial charge in [-0.25, -0.2) is 4.57 Å². The summed E-state index contributed by atoms with van der Waals surface area (Å²) in [4.78, 5) is 0. The Balaban J connectivity index is 2.21. The molecular formula is C24H23N2O+. The third kappa shape index (κ3) is 2.78. The Bertz CT molecular complexity index is 1210. The predicted octanol–water partition coefficient (Wildman–Crippen LogP) is 5.46. The Hall–Kier alpha value is -3.12. The lowest BCUT2D eigenvalue weighted by Crippen LogP contribution is -2.30. The third-order valence-corrected chi connectivity index (χ3v) is 5.11. The minimum Gasteiger partial charge on any atom is -0.455 e. The van der Waals surface area contributed by atoms with Crippen molar-refractivity contribution in [1.82, 2.24) is 0 Å². The Morgan fingerprint density at radius 1 is 1.11 bits per heavy atom. The van der Waals surface area contributed by atoms with Gasteiger partial charge in [-0.3, -0.25) is 0 Å². The number of benzene rings is 2. The van der Waals surface area contributed by atoms with Crippen LogP contribution in [0.4, 0.5) is 0 Å². The highest BCUT2D eigenvalue weighted by atomic mass is 16.3. The number of nitriles is 1. The zero-order chi connectivity index (χ0) is 19.1. The lowest BCUT2D eigenvalue weighted by Gasteiger charge is -2.12. The minimum atomic E-state index is 0.519. The number of aromatic nitrogens is 1. The molecule has 0 amide bonds. The summed E-state index contributed by atoms with van der Waals surface area (Å²) in [6.45, 7) is 6.59. The van der Waals surface area contributed by atoms with E-state index in [1.165, 1.54) is 11.1 Å². The van der Waals surface area contributed by atoms with Gasteiger partial charge in [0.2, 0.25) is 5.69 Å². The number of fused-ring (bicyclic) bond motifs is 3. The van der Waals surface area contributed by atoms with Crippen LogP contribution in [0, 0.1) is 24.2 Å². The molecule has 0 atom stereocenters. The molecule has 0 aliphatic heterocycles. The molecule has 0 unspecified atom stereocenters. The maximum Gasteiger partial charge on any atom is 0.216 e. The first-order valence-corrected chi connectivity index (χ1v) is 9.34. The molecule has 134 valence electrons. The van der Waals surface area contributed by atoms with Gasteiger partial charge in [0, 0.05) is 22.9 Å². The van der Waals surface area contributed by atoms with Crippen molar-refractivity contribution in [3.63, 3.8) is 0 Å². The molecule has 0 saturated carbocycles. The van der Waals surface area contributed by atoms with Gasteiger partial charge >= 0.3 is 0 Å². The van der Waals surface area contributed by atoms with Gasteiger partial charge < -0.3 is 4.42 Å². The minimum absolute atomic E-state index is 0.519. The van der Waals surface area contributed by atoms with Crippen LogP contribution in [-0.2, 0) is 13.5 Å². The van der Waals surface area contributed by atoms with Crippen LogP contribution < -0.4 is 4.57 Å². The van der Waals surface area contributed by atoms with Crippen LogP contribution in [0.15, 0.2) is 53.1 Å². The van der Waals surface area contributed by atoms with Gasteiger partial charge in [0.25, 0.3) is 0 Å². The number of hydrogen-bond acceptors (Lipinski definition) is 2. The number of nitrogens with zero attached hydrogens (tertiary/aromatic N) is 2. The molecule has 2 aromatic carbocycles. The second-order valence-corrected chi connectivity index (χ2v) is 7.62. The van der Waals surface area contributed by atoms with E-state index in [0.717, 1.165) is 39.6 Å². The van der Waals surface area contributed by atoms with Crippen molar-refractivity contribution in [2.24, 2.45) is 13.0 Å². The van der Waals surface area contributed by atoms with Gasteiger partial charge in [-0.05, 0) is 48.6 Å². The van der Waals surface area contributed by atoms with Crippen LogP contribution in [0.1, 0.15) is 30.5 Å². The van der Waals surface area contributed by atoms with Gasteiger partial charge in [-0.2, -0.15) is 5.26 Å². The average Bonchev–Trinajstić information content (AvgIpc) is 3.02. The Morgan fingerprint density at radius 2 is 1.93 bits per heavy atom. The number of aryl methyl sites for hydroxylation is 2. The quantitative estimate of drug-likeness (QED) is 0.458. The zero-order valence-electron chi connectivity index (χ0n) is 16.2. The highest BCUT2D eigenvalue weighted by Crippen LogP contribution is 2.41. The second kappa shape index (κ2) is 6.55. The van der Waals surface area contributed by atoms with Gasteiger partial charge in [-0.1, -0.05) is 26.0 Å². The summed E-state index contributed by atoms with van der Waals surface area (Å²) >= 11 is 0. The van der Waals surface area contributed by atoms with Crippen LogP contribution >= 0.6 is 0 Å². The monoisotopic (exact) mass is 355 g/mol. The van der Waals surface area contributed by atoms with E-state index < -0.39 is 0 Å². The Labute approximate surface area is 159 Å². The van der Waals surface area contributed by atoms with E-state index >= 15 is 0 Å². The molecule has 0 aliphatic rings. The molecular weight excluding hydrogens is 332 g/mol. The molecule has 0 saturated heterocycles. The van der Waals surface area contributed by atoms with Gasteiger partial charge in [0.15, 0.2) is 6.20 Å². The zero-order valence-corrected chi connectivity index (χ0v) is 16.2. The van der Waals surface area contributed by atoms with Gasteiger partial charge in [-0.15, -0.1) is 0 Å². The van der Waals surface area contributed by atoms with Gasteiger partial charge in [0.1, 0.15) is 18.2 Å². The fraction of sp³-hybridized carbons (Fsp3) is 0.250. The average molecular weight is 355 g/mol. The van der Waals surface area contributed by atoms with Crippen molar-refractivity contribution in [2.45, 2.75) is 27.2 Å². The van der Waals surface area contributed by atoms with E-state index in [4.69, 9.17) is 4.42 Å². The molecule has 0 spiro atoms. The van der Waals surface area contributed by atoms with Crippen molar-refractivity contribution >= 4 is 21.9 Å². The van der Waals surface area contributed by atoms with Crippen molar-refractivity contribution in [3.05, 3.63) is 65.4 Å². The fourth-order valence-corrected chi connectivity index (χ4v) is 4.01. The van der Waals surface area contributed by atoms with E-state index in [-0.39, 0.29) is 0 Å². The predicted molar refractivity (Wildman–Crippen MR) is 108 cm³/mol. The first kappa shape index (κ1) is 17.3. The smallest absolute Gasteiger partial charge is 0.216 e. The number of furan rings is 1. The van der Waals surface area contributed by atoms with E-state index in [9.17, 15) is 5.26 Å². The number of rotatable bonds is 3. The molecule has 3 nitrogen and oxygen atoms in total. The number of hydrogen-bond donors (Lipinski definition) is 0. The molecule has 0 bridgehead atoms. The van der Waals surface area contributed by atoms with Crippen molar-refractivity contribution in [2.75, 3.05) is 0 Å². The summed E-state index contributed by atoms with van der Waals surface area (Å²) in [5.74, 6) is 0.519. The van der Waals surface area contributed by atoms with E-state index in [2.05, 4.69) is 43.5 Å². The van der Waals surface area contributed by atoms with E-state index in [1.54, 1.807) is 0 Å². The topological polar surface area (TPSA) is 40.8 Å². The standard InChI is InChI=1S/C24H23N2O/c1-15(2)12-18-13-16(3)21(19-9-5-6-11-26(19)4)24-23(18)22-17(14-25)8-7-10-20(22)27-24/h5-11,13,15H,12H2,1-4H3/q+1. The van der Waals surface area contributed by atoms with Crippen LogP contribution in [0.2, 0.25) is 0 Å². The normalized spacial score (nSPS) is 11.4. The van der Waals surface area contributed by atoms with Gasteiger partial charge in [0.05, 0.1) is 17.2 Å². The molecule has 2 heterocycles. The van der Waals surface area contributed by atoms with Crippen molar-refractivity contribution < 1.29 is 8.98 Å². The first-order valence-electron chi connectivity index (χ1n) is 9.34. The highest BCUT2D eigenvalue weighted by Gasteiger charge is 2.24. The lowest BCUT2D eigenvalue weighted by molar-refractivity contribution is -0.660. The van der Waals surface area contributed by atoms with Crippen LogP contribution in [0.25, 0.3) is 33.2 Å². The van der Waals surface area contributed by atoms with Crippen molar-refractivity contribution in [3.8, 4) is 17.3 Å². The summed E-state index contributed by atoms with van der Waals surface area (Å²) in [7, 11) is 2.05. The molecule has 0 aliphatic carbocycles. The Morgan fingerprint density at radius 3 is 2.63 bits per heavy atom. The first-order chi connectivity index (χ1) is 13.0. The molecule has 4 aromatic rings. The largest absolute Gasteiger partial charge is 0.455 e. The maximum atomic E-state index is 9.68. The summed E-state index contributed by atoms with van der Waals surface area (Å²) in [6, 6.07) is 16.5. The maximum absolute atomic E-state index is 9.68.